The van der Waals surface area contributed by atoms with Crippen molar-refractivity contribution in [3.8, 4) is 11.5 Å². The predicted octanol–water partition coefficient (Wildman–Crippen LogP) is 2.14. The molecule has 0 saturated carbocycles. The largest absolute Gasteiger partial charge is 0.493 e. The average molecular weight is 315 g/mol. The first-order valence-corrected chi connectivity index (χ1v) is 7.38. The van der Waals surface area contributed by atoms with Crippen LogP contribution in [0.1, 0.15) is 25.8 Å². The summed E-state index contributed by atoms with van der Waals surface area (Å²) in [5.41, 5.74) is 6.50. The summed E-state index contributed by atoms with van der Waals surface area (Å²) in [4.78, 5) is 11.7. The van der Waals surface area contributed by atoms with Crippen LogP contribution >= 0.6 is 11.6 Å². The van der Waals surface area contributed by atoms with Gasteiger partial charge in [-0.3, -0.25) is 4.79 Å². The molecule has 21 heavy (non-hydrogen) atoms. The van der Waals surface area contributed by atoms with Crippen LogP contribution in [0.2, 0.25) is 5.02 Å². The Balaban J connectivity index is 2.76. The van der Waals surface area contributed by atoms with Crippen LogP contribution in [0.5, 0.6) is 11.5 Å². The summed E-state index contributed by atoms with van der Waals surface area (Å²) < 4.78 is 10.8. The molecular formula is C15H23ClN2O3. The maximum atomic E-state index is 11.7. The van der Waals surface area contributed by atoms with Gasteiger partial charge in [-0.05, 0) is 44.0 Å². The number of nitrogens with two attached hydrogens (primary N) is 1. The molecule has 1 rings (SSSR count). The van der Waals surface area contributed by atoms with E-state index in [1.165, 1.54) is 7.11 Å². The number of hydrogen-bond donors (Lipinski definition) is 2. The second kappa shape index (κ2) is 8.74. The Kier molecular flexibility index (Phi) is 7.32. The molecule has 1 aromatic carbocycles. The van der Waals surface area contributed by atoms with Crippen LogP contribution in [0.3, 0.4) is 0 Å². The number of benzene rings is 1. The highest BCUT2D eigenvalue weighted by molar-refractivity contribution is 6.32. The Hall–Kier alpha value is -1.46. The number of rotatable bonds is 8. The molecule has 0 saturated heterocycles. The van der Waals surface area contributed by atoms with Gasteiger partial charge in [-0.2, -0.15) is 0 Å². The summed E-state index contributed by atoms with van der Waals surface area (Å²) in [5, 5.41) is 3.24. The molecule has 1 atom stereocenters. The zero-order valence-electron chi connectivity index (χ0n) is 12.7. The van der Waals surface area contributed by atoms with Gasteiger partial charge in [0, 0.05) is 6.04 Å². The van der Waals surface area contributed by atoms with E-state index in [0.29, 0.717) is 29.5 Å². The molecule has 0 aliphatic carbocycles. The quantitative estimate of drug-likeness (QED) is 0.771. The smallest absolute Gasteiger partial charge is 0.258 e. The molecular weight excluding hydrogens is 292 g/mol. The van der Waals surface area contributed by atoms with Crippen molar-refractivity contribution in [2.45, 2.75) is 32.7 Å². The van der Waals surface area contributed by atoms with Gasteiger partial charge in [0.1, 0.15) is 0 Å². The minimum absolute atomic E-state index is 0.101. The van der Waals surface area contributed by atoms with Gasteiger partial charge in [0.25, 0.3) is 5.91 Å². The van der Waals surface area contributed by atoms with Gasteiger partial charge in [0.15, 0.2) is 18.1 Å². The van der Waals surface area contributed by atoms with Gasteiger partial charge < -0.3 is 20.5 Å². The molecule has 0 aliphatic heterocycles. The Morgan fingerprint density at radius 1 is 1.48 bits per heavy atom. The third kappa shape index (κ3) is 5.44. The van der Waals surface area contributed by atoms with Gasteiger partial charge in [-0.1, -0.05) is 18.5 Å². The molecule has 6 heteroatoms. The Bertz CT molecular complexity index is 480. The monoisotopic (exact) mass is 314 g/mol. The van der Waals surface area contributed by atoms with Crippen molar-refractivity contribution in [1.29, 1.82) is 0 Å². The number of carbonyl (C=O) groups is 1. The fraction of sp³-hybridized carbons (Fsp3) is 0.533. The van der Waals surface area contributed by atoms with Gasteiger partial charge in [0.2, 0.25) is 0 Å². The number of hydrogen-bond acceptors (Lipinski definition) is 4. The summed E-state index contributed by atoms with van der Waals surface area (Å²) in [6, 6.07) is 3.71. The summed E-state index contributed by atoms with van der Waals surface area (Å²) >= 11 is 6.19. The molecule has 0 bridgehead atoms. The molecule has 0 radical (unpaired) electrons. The summed E-state index contributed by atoms with van der Waals surface area (Å²) in [7, 11) is 1.53. The maximum Gasteiger partial charge on any atom is 0.258 e. The lowest BCUT2D eigenvalue weighted by Gasteiger charge is -2.15. The van der Waals surface area contributed by atoms with Crippen molar-refractivity contribution in [2.24, 2.45) is 5.73 Å². The zero-order chi connectivity index (χ0) is 15.8. The van der Waals surface area contributed by atoms with Crippen LogP contribution in [0.15, 0.2) is 12.1 Å². The van der Waals surface area contributed by atoms with Gasteiger partial charge in [-0.25, -0.2) is 0 Å². The lowest BCUT2D eigenvalue weighted by molar-refractivity contribution is -0.123. The highest BCUT2D eigenvalue weighted by Crippen LogP contribution is 2.36. The van der Waals surface area contributed by atoms with Crippen LogP contribution in [0, 0.1) is 0 Å². The molecule has 3 N–H and O–H groups in total. The molecule has 0 fully saturated rings. The van der Waals surface area contributed by atoms with E-state index in [-0.39, 0.29) is 18.6 Å². The lowest BCUT2D eigenvalue weighted by atomic mass is 10.1. The number of methoxy groups -OCH3 is 1. The van der Waals surface area contributed by atoms with Gasteiger partial charge >= 0.3 is 0 Å². The number of ether oxygens (including phenoxy) is 2. The SMILES string of the molecule is CCC(C)NC(=O)COc1c(Cl)cc(CCN)cc1OC. The minimum Gasteiger partial charge on any atom is -0.493 e. The Morgan fingerprint density at radius 2 is 2.19 bits per heavy atom. The van der Waals surface area contributed by atoms with Crippen molar-refractivity contribution in [3.05, 3.63) is 22.7 Å². The fourth-order valence-electron chi connectivity index (χ4n) is 1.78. The van der Waals surface area contributed by atoms with Crippen LogP contribution in [-0.2, 0) is 11.2 Å². The molecule has 118 valence electrons. The minimum atomic E-state index is -0.187. The van der Waals surface area contributed by atoms with Crippen LogP contribution < -0.4 is 20.5 Å². The van der Waals surface area contributed by atoms with Crippen molar-refractivity contribution in [2.75, 3.05) is 20.3 Å². The summed E-state index contributed by atoms with van der Waals surface area (Å²) in [6.07, 6.45) is 1.56. The van der Waals surface area contributed by atoms with E-state index in [2.05, 4.69) is 5.32 Å². The molecule has 0 heterocycles. The first kappa shape index (κ1) is 17.6. The van der Waals surface area contributed by atoms with E-state index in [0.717, 1.165) is 12.0 Å². The number of carbonyl (C=O) groups excluding carboxylic acids is 1. The normalized spacial score (nSPS) is 11.9. The van der Waals surface area contributed by atoms with Gasteiger partial charge in [-0.15, -0.1) is 0 Å². The van der Waals surface area contributed by atoms with Crippen molar-refractivity contribution in [1.82, 2.24) is 5.32 Å². The number of amides is 1. The van der Waals surface area contributed by atoms with Crippen molar-refractivity contribution >= 4 is 17.5 Å². The highest BCUT2D eigenvalue weighted by atomic mass is 35.5. The summed E-state index contributed by atoms with van der Waals surface area (Å²) in [5.74, 6) is 0.690. The number of nitrogens with one attached hydrogen (secondary N) is 1. The van der Waals surface area contributed by atoms with E-state index >= 15 is 0 Å². The standard InChI is InChI=1S/C15H23ClN2O3/c1-4-10(2)18-14(19)9-21-15-12(16)7-11(5-6-17)8-13(15)20-3/h7-8,10H,4-6,9,17H2,1-3H3,(H,18,19). The van der Waals surface area contributed by atoms with E-state index in [4.69, 9.17) is 26.8 Å². The van der Waals surface area contributed by atoms with E-state index in [1.807, 2.05) is 19.9 Å². The first-order valence-electron chi connectivity index (χ1n) is 7.00. The van der Waals surface area contributed by atoms with E-state index in [9.17, 15) is 4.79 Å². The molecule has 0 spiro atoms. The van der Waals surface area contributed by atoms with Crippen molar-refractivity contribution < 1.29 is 14.3 Å². The summed E-state index contributed by atoms with van der Waals surface area (Å²) in [6.45, 7) is 4.36. The molecule has 5 nitrogen and oxygen atoms in total. The molecule has 1 aromatic rings. The third-order valence-electron chi connectivity index (χ3n) is 3.09. The zero-order valence-corrected chi connectivity index (χ0v) is 13.5. The first-order chi connectivity index (χ1) is 10.0. The predicted molar refractivity (Wildman–Crippen MR) is 84.2 cm³/mol. The fourth-order valence-corrected chi connectivity index (χ4v) is 2.07. The molecule has 0 aromatic heterocycles. The van der Waals surface area contributed by atoms with E-state index in [1.54, 1.807) is 6.07 Å². The molecule has 0 aliphatic rings. The molecule has 1 unspecified atom stereocenters. The molecule has 1 amide bonds. The van der Waals surface area contributed by atoms with Crippen molar-refractivity contribution in [3.63, 3.8) is 0 Å². The maximum absolute atomic E-state index is 11.7. The topological polar surface area (TPSA) is 73.6 Å². The van der Waals surface area contributed by atoms with Crippen LogP contribution in [0.25, 0.3) is 0 Å². The third-order valence-corrected chi connectivity index (χ3v) is 3.37. The average Bonchev–Trinajstić information content (AvgIpc) is 2.45. The lowest BCUT2D eigenvalue weighted by Crippen LogP contribution is -2.35. The van der Waals surface area contributed by atoms with E-state index < -0.39 is 0 Å². The Labute approximate surface area is 130 Å². The Morgan fingerprint density at radius 3 is 2.76 bits per heavy atom. The second-order valence-corrected chi connectivity index (χ2v) is 5.22. The van der Waals surface area contributed by atoms with Crippen LogP contribution in [0.4, 0.5) is 0 Å². The van der Waals surface area contributed by atoms with Crippen LogP contribution in [-0.4, -0.2) is 32.2 Å². The highest BCUT2D eigenvalue weighted by Gasteiger charge is 2.14. The second-order valence-electron chi connectivity index (χ2n) is 4.81. The van der Waals surface area contributed by atoms with Gasteiger partial charge in [0.05, 0.1) is 12.1 Å². The number of halogens is 1.